The molecular formula is C31H29N3O5S2. The standard InChI is InChI=1S/C31H29N3O5S2/c1-3-4-17-39-23-15-13-21(14-16-23)27(35)25-26(22-11-8-12-24(18-22)38-2)34(29(37)28(25)36)30-32-33-31(41-30)40-19-20-9-6-5-7-10-20/h5-16,18,26,35H,3-4,17,19H2,1-2H3/t26-/m1/s1. The number of carbonyl (C=O) groups is 2. The van der Waals surface area contributed by atoms with Gasteiger partial charge in [0.25, 0.3) is 5.78 Å². The van der Waals surface area contributed by atoms with E-state index in [2.05, 4.69) is 17.1 Å². The minimum Gasteiger partial charge on any atom is -0.507 e. The lowest BCUT2D eigenvalue weighted by Gasteiger charge is -2.23. The van der Waals surface area contributed by atoms with Crippen LogP contribution in [0, 0.1) is 0 Å². The number of aliphatic hydroxyl groups excluding tert-OH is 1. The Labute approximate surface area is 246 Å². The third-order valence-corrected chi connectivity index (χ3v) is 8.68. The van der Waals surface area contributed by atoms with Gasteiger partial charge in [-0.2, -0.15) is 0 Å². The molecule has 4 aromatic rings. The van der Waals surface area contributed by atoms with Crippen molar-refractivity contribution in [1.82, 2.24) is 10.2 Å². The molecule has 0 aliphatic carbocycles. The predicted octanol–water partition coefficient (Wildman–Crippen LogP) is 6.64. The maximum Gasteiger partial charge on any atom is 0.301 e. The number of amides is 1. The third kappa shape index (κ3) is 6.28. The smallest absolute Gasteiger partial charge is 0.301 e. The summed E-state index contributed by atoms with van der Waals surface area (Å²) >= 11 is 2.73. The topological polar surface area (TPSA) is 102 Å². The van der Waals surface area contributed by atoms with E-state index in [0.29, 0.717) is 39.3 Å². The number of Topliss-reactive ketones (excluding diaryl/α,β-unsaturated/α-hetero) is 1. The van der Waals surface area contributed by atoms with E-state index in [0.717, 1.165) is 18.4 Å². The van der Waals surface area contributed by atoms with E-state index in [9.17, 15) is 14.7 Å². The summed E-state index contributed by atoms with van der Waals surface area (Å²) in [5.74, 6) is 0.0438. The van der Waals surface area contributed by atoms with Gasteiger partial charge in [-0.25, -0.2) is 0 Å². The molecule has 1 amide bonds. The van der Waals surface area contributed by atoms with E-state index >= 15 is 0 Å². The molecule has 0 spiro atoms. The van der Waals surface area contributed by atoms with E-state index in [4.69, 9.17) is 9.47 Å². The summed E-state index contributed by atoms with van der Waals surface area (Å²) < 4.78 is 11.8. The van der Waals surface area contributed by atoms with Gasteiger partial charge in [-0.3, -0.25) is 14.5 Å². The highest BCUT2D eigenvalue weighted by atomic mass is 32.2. The van der Waals surface area contributed by atoms with Gasteiger partial charge >= 0.3 is 5.91 Å². The molecule has 5 rings (SSSR count). The number of ether oxygens (including phenoxy) is 2. The van der Waals surface area contributed by atoms with Crippen molar-refractivity contribution in [3.8, 4) is 11.5 Å². The van der Waals surface area contributed by atoms with Crippen LogP contribution in [0.4, 0.5) is 5.13 Å². The molecule has 1 aliphatic heterocycles. The summed E-state index contributed by atoms with van der Waals surface area (Å²) in [7, 11) is 1.54. The quantitative estimate of drug-likeness (QED) is 0.0520. The fourth-order valence-electron chi connectivity index (χ4n) is 4.43. The molecule has 1 aliphatic rings. The summed E-state index contributed by atoms with van der Waals surface area (Å²) in [6, 6.07) is 23.0. The number of aliphatic hydroxyl groups is 1. The van der Waals surface area contributed by atoms with Crippen LogP contribution >= 0.6 is 23.1 Å². The van der Waals surface area contributed by atoms with Crippen LogP contribution in [0.5, 0.6) is 11.5 Å². The number of ketones is 1. The second kappa shape index (κ2) is 13.0. The molecule has 10 heteroatoms. The monoisotopic (exact) mass is 587 g/mol. The minimum atomic E-state index is -0.925. The first-order chi connectivity index (χ1) is 20.0. The van der Waals surface area contributed by atoms with Crippen LogP contribution in [-0.2, 0) is 15.3 Å². The molecule has 41 heavy (non-hydrogen) atoms. The largest absolute Gasteiger partial charge is 0.507 e. The van der Waals surface area contributed by atoms with Crippen molar-refractivity contribution in [2.24, 2.45) is 0 Å². The van der Waals surface area contributed by atoms with Crippen molar-refractivity contribution in [2.45, 2.75) is 35.9 Å². The first-order valence-electron chi connectivity index (χ1n) is 13.2. The first-order valence-corrected chi connectivity index (χ1v) is 15.0. The Morgan fingerprint density at radius 3 is 2.51 bits per heavy atom. The molecule has 0 saturated carbocycles. The van der Waals surface area contributed by atoms with Gasteiger partial charge < -0.3 is 14.6 Å². The maximum atomic E-state index is 13.5. The van der Waals surface area contributed by atoms with Crippen LogP contribution < -0.4 is 14.4 Å². The van der Waals surface area contributed by atoms with Crippen molar-refractivity contribution in [2.75, 3.05) is 18.6 Å². The summed E-state index contributed by atoms with van der Waals surface area (Å²) in [4.78, 5) is 28.3. The number of hydrogen-bond donors (Lipinski definition) is 1. The second-order valence-corrected chi connectivity index (χ2v) is 11.5. The molecule has 1 atom stereocenters. The molecule has 210 valence electrons. The zero-order valence-electron chi connectivity index (χ0n) is 22.6. The Morgan fingerprint density at radius 2 is 1.78 bits per heavy atom. The molecular weight excluding hydrogens is 558 g/mol. The number of unbranched alkanes of at least 4 members (excludes halogenated alkanes) is 1. The highest BCUT2D eigenvalue weighted by Crippen LogP contribution is 2.44. The van der Waals surface area contributed by atoms with Crippen molar-refractivity contribution in [3.05, 3.63) is 101 Å². The molecule has 0 unspecified atom stereocenters. The number of aromatic nitrogens is 2. The van der Waals surface area contributed by atoms with Crippen LogP contribution in [0.15, 0.2) is 88.8 Å². The Balaban J connectivity index is 1.51. The molecule has 1 N–H and O–H groups in total. The molecule has 2 heterocycles. The van der Waals surface area contributed by atoms with Gasteiger partial charge in [-0.05, 0) is 53.9 Å². The molecule has 1 aromatic heterocycles. The van der Waals surface area contributed by atoms with Crippen LogP contribution in [0.1, 0.15) is 42.5 Å². The highest BCUT2D eigenvalue weighted by Gasteiger charge is 2.48. The average molecular weight is 588 g/mol. The first kappa shape index (κ1) is 28.4. The number of carbonyl (C=O) groups excluding carboxylic acids is 2. The lowest BCUT2D eigenvalue weighted by Crippen LogP contribution is -2.29. The molecule has 3 aromatic carbocycles. The van der Waals surface area contributed by atoms with E-state index in [1.165, 1.54) is 28.0 Å². The zero-order valence-corrected chi connectivity index (χ0v) is 24.3. The predicted molar refractivity (Wildman–Crippen MR) is 161 cm³/mol. The highest BCUT2D eigenvalue weighted by molar-refractivity contribution is 8.00. The molecule has 8 nitrogen and oxygen atoms in total. The van der Waals surface area contributed by atoms with Crippen molar-refractivity contribution >= 4 is 45.7 Å². The van der Waals surface area contributed by atoms with Gasteiger partial charge in [-0.15, -0.1) is 10.2 Å². The zero-order chi connectivity index (χ0) is 28.8. The number of nitrogens with zero attached hydrogens (tertiary/aromatic N) is 3. The number of anilines is 1. The summed E-state index contributed by atoms with van der Waals surface area (Å²) in [5, 5.41) is 20.2. The van der Waals surface area contributed by atoms with E-state index < -0.39 is 17.7 Å². The fraction of sp³-hybridized carbons (Fsp3) is 0.226. The molecule has 0 bridgehead atoms. The van der Waals surface area contributed by atoms with Crippen LogP contribution in [0.3, 0.4) is 0 Å². The normalized spacial score (nSPS) is 16.2. The van der Waals surface area contributed by atoms with Gasteiger partial charge in [0.1, 0.15) is 17.3 Å². The van der Waals surface area contributed by atoms with Crippen LogP contribution in [0.25, 0.3) is 5.76 Å². The lowest BCUT2D eigenvalue weighted by molar-refractivity contribution is -0.132. The Hall–Kier alpha value is -4.15. The van der Waals surface area contributed by atoms with Gasteiger partial charge in [0.05, 0.1) is 25.3 Å². The van der Waals surface area contributed by atoms with Crippen LogP contribution in [-0.4, -0.2) is 40.7 Å². The SMILES string of the molecule is CCCCOc1ccc(C(O)=C2C(=O)C(=O)N(c3nnc(SCc4ccccc4)s3)[C@@H]2c2cccc(OC)c2)cc1. The van der Waals surface area contributed by atoms with E-state index in [1.807, 2.05) is 30.3 Å². The van der Waals surface area contributed by atoms with Gasteiger partial charge in [0.2, 0.25) is 5.13 Å². The third-order valence-electron chi connectivity index (χ3n) is 6.56. The summed E-state index contributed by atoms with van der Waals surface area (Å²) in [6.07, 6.45) is 1.95. The lowest BCUT2D eigenvalue weighted by atomic mass is 9.95. The number of benzene rings is 3. The van der Waals surface area contributed by atoms with Crippen molar-refractivity contribution in [3.63, 3.8) is 0 Å². The van der Waals surface area contributed by atoms with E-state index in [-0.39, 0.29) is 16.5 Å². The van der Waals surface area contributed by atoms with Crippen molar-refractivity contribution < 1.29 is 24.2 Å². The fourth-order valence-corrected chi connectivity index (χ4v) is 6.26. The second-order valence-electron chi connectivity index (χ2n) is 9.30. The molecule has 1 saturated heterocycles. The number of rotatable bonds is 11. The Bertz CT molecular complexity index is 1550. The summed E-state index contributed by atoms with van der Waals surface area (Å²) in [6.45, 7) is 2.68. The minimum absolute atomic E-state index is 0.0309. The van der Waals surface area contributed by atoms with Gasteiger partial charge in [0.15, 0.2) is 4.34 Å². The number of thioether (sulfide) groups is 1. The average Bonchev–Trinajstić information content (AvgIpc) is 3.58. The Kier molecular flexibility index (Phi) is 9.01. The Morgan fingerprint density at radius 1 is 1.00 bits per heavy atom. The van der Waals surface area contributed by atoms with Gasteiger partial charge in [0, 0.05) is 11.3 Å². The summed E-state index contributed by atoms with van der Waals surface area (Å²) in [5.41, 5.74) is 2.10. The van der Waals surface area contributed by atoms with Crippen molar-refractivity contribution in [1.29, 1.82) is 0 Å². The molecule has 0 radical (unpaired) electrons. The maximum absolute atomic E-state index is 13.5. The number of hydrogen-bond acceptors (Lipinski definition) is 9. The van der Waals surface area contributed by atoms with E-state index in [1.54, 1.807) is 55.6 Å². The van der Waals surface area contributed by atoms with Gasteiger partial charge in [-0.1, -0.05) is 78.9 Å². The molecule has 1 fully saturated rings. The van der Waals surface area contributed by atoms with Crippen LogP contribution in [0.2, 0.25) is 0 Å². The number of methoxy groups -OCH3 is 1.